The molecule has 0 unspecified atom stereocenters. The van der Waals surface area contributed by atoms with Crippen LogP contribution in [0.2, 0.25) is 0 Å². The van der Waals surface area contributed by atoms with Gasteiger partial charge in [-0.05, 0) is 68.7 Å². The van der Waals surface area contributed by atoms with E-state index in [0.717, 1.165) is 46.1 Å². The average Bonchev–Trinajstić information content (AvgIpc) is 3.07. The van der Waals surface area contributed by atoms with Crippen LogP contribution >= 0.6 is 0 Å². The Labute approximate surface area is 172 Å². The highest BCUT2D eigenvalue weighted by Gasteiger charge is 2.16. The van der Waals surface area contributed by atoms with Gasteiger partial charge in [0.15, 0.2) is 0 Å². The molecule has 0 fully saturated rings. The summed E-state index contributed by atoms with van der Waals surface area (Å²) in [4.78, 5) is 2.31. The standard InChI is InChI=1S/C24H28N4O/c1-6-28(21-11-9-19(10-12-21)22(26-5)13-14-25)23-15-20(8-7-16(23)2)24-17(3)27-29-18(24)4/h7-15,25-26H,6H2,1-5H3/b22-13-,25-14?. The van der Waals surface area contributed by atoms with Gasteiger partial charge in [0.25, 0.3) is 0 Å². The van der Waals surface area contributed by atoms with Crippen LogP contribution in [0.5, 0.6) is 0 Å². The molecule has 0 saturated heterocycles. The maximum absolute atomic E-state index is 7.31. The molecule has 29 heavy (non-hydrogen) atoms. The van der Waals surface area contributed by atoms with Crippen molar-refractivity contribution in [2.24, 2.45) is 0 Å². The first-order valence-electron chi connectivity index (χ1n) is 9.80. The van der Waals surface area contributed by atoms with Crippen LogP contribution in [0, 0.1) is 26.2 Å². The highest BCUT2D eigenvalue weighted by atomic mass is 16.5. The van der Waals surface area contributed by atoms with E-state index in [1.807, 2.05) is 20.9 Å². The van der Waals surface area contributed by atoms with Gasteiger partial charge in [-0.15, -0.1) is 0 Å². The van der Waals surface area contributed by atoms with Crippen LogP contribution in [0.3, 0.4) is 0 Å². The predicted molar refractivity (Wildman–Crippen MR) is 121 cm³/mol. The Bertz CT molecular complexity index is 1010. The third-order valence-electron chi connectivity index (χ3n) is 5.15. The minimum absolute atomic E-state index is 0.835. The fraction of sp³-hybridized carbons (Fsp3) is 0.250. The zero-order valence-electron chi connectivity index (χ0n) is 17.7. The topological polar surface area (TPSA) is 65.2 Å². The van der Waals surface area contributed by atoms with Crippen molar-refractivity contribution in [1.29, 1.82) is 5.41 Å². The van der Waals surface area contributed by atoms with Crippen LogP contribution in [0.4, 0.5) is 11.4 Å². The van der Waals surface area contributed by atoms with Crippen molar-refractivity contribution < 1.29 is 4.52 Å². The molecular formula is C24H28N4O. The second-order valence-electron chi connectivity index (χ2n) is 6.99. The number of hydrogen-bond donors (Lipinski definition) is 2. The molecule has 0 aliphatic rings. The van der Waals surface area contributed by atoms with Crippen molar-refractivity contribution in [2.75, 3.05) is 18.5 Å². The Morgan fingerprint density at radius 2 is 1.86 bits per heavy atom. The van der Waals surface area contributed by atoms with Crippen LogP contribution in [0.15, 0.2) is 53.1 Å². The quantitative estimate of drug-likeness (QED) is 0.515. The van der Waals surface area contributed by atoms with Crippen molar-refractivity contribution in [3.63, 3.8) is 0 Å². The molecule has 0 atom stereocenters. The normalized spacial score (nSPS) is 11.4. The Hall–Kier alpha value is -3.34. The van der Waals surface area contributed by atoms with E-state index < -0.39 is 0 Å². The maximum Gasteiger partial charge on any atom is 0.141 e. The molecule has 0 aliphatic heterocycles. The van der Waals surface area contributed by atoms with Crippen molar-refractivity contribution in [3.8, 4) is 11.1 Å². The first kappa shape index (κ1) is 20.4. The van der Waals surface area contributed by atoms with Crippen LogP contribution in [0.1, 0.15) is 29.5 Å². The number of aromatic nitrogens is 1. The third kappa shape index (κ3) is 4.09. The summed E-state index contributed by atoms with van der Waals surface area (Å²) in [5.74, 6) is 0.835. The van der Waals surface area contributed by atoms with Gasteiger partial charge in [-0.2, -0.15) is 0 Å². The SMILES string of the molecule is CCN(c1ccc(/C(=C/C=N)NC)cc1)c1cc(-c2c(C)noc2C)ccc1C. The van der Waals surface area contributed by atoms with Crippen LogP contribution in [-0.2, 0) is 0 Å². The smallest absolute Gasteiger partial charge is 0.141 e. The van der Waals surface area contributed by atoms with E-state index >= 15 is 0 Å². The molecule has 150 valence electrons. The monoisotopic (exact) mass is 388 g/mol. The zero-order chi connectivity index (χ0) is 21.0. The van der Waals surface area contributed by atoms with Gasteiger partial charge < -0.3 is 20.1 Å². The minimum atomic E-state index is 0.835. The van der Waals surface area contributed by atoms with E-state index in [0.29, 0.717) is 0 Å². The number of nitrogens with one attached hydrogen (secondary N) is 2. The molecule has 0 saturated carbocycles. The van der Waals surface area contributed by atoms with Gasteiger partial charge in [0.05, 0.1) is 5.69 Å². The summed E-state index contributed by atoms with van der Waals surface area (Å²) in [6.45, 7) is 9.06. The van der Waals surface area contributed by atoms with Crippen molar-refractivity contribution in [1.82, 2.24) is 10.5 Å². The fourth-order valence-electron chi connectivity index (χ4n) is 3.67. The van der Waals surface area contributed by atoms with Gasteiger partial charge in [-0.1, -0.05) is 29.4 Å². The summed E-state index contributed by atoms with van der Waals surface area (Å²) < 4.78 is 5.37. The number of hydrogen-bond acceptors (Lipinski definition) is 5. The Morgan fingerprint density at radius 3 is 2.41 bits per heavy atom. The Kier molecular flexibility index (Phi) is 6.17. The van der Waals surface area contributed by atoms with E-state index in [1.54, 1.807) is 6.08 Å². The minimum Gasteiger partial charge on any atom is -0.388 e. The lowest BCUT2D eigenvalue weighted by Crippen LogP contribution is -2.17. The summed E-state index contributed by atoms with van der Waals surface area (Å²) in [6.07, 6.45) is 3.05. The van der Waals surface area contributed by atoms with Gasteiger partial charge in [0.2, 0.25) is 0 Å². The molecule has 2 aromatic carbocycles. The predicted octanol–water partition coefficient (Wildman–Crippen LogP) is 5.63. The molecule has 3 rings (SSSR count). The summed E-state index contributed by atoms with van der Waals surface area (Å²) in [5, 5.41) is 14.5. The molecule has 1 aromatic heterocycles. The van der Waals surface area contributed by atoms with Gasteiger partial charge in [0.1, 0.15) is 5.76 Å². The highest BCUT2D eigenvalue weighted by molar-refractivity contribution is 5.83. The second-order valence-corrected chi connectivity index (χ2v) is 6.99. The lowest BCUT2D eigenvalue weighted by Gasteiger charge is -2.26. The van der Waals surface area contributed by atoms with Crippen molar-refractivity contribution in [2.45, 2.75) is 27.7 Å². The molecule has 0 bridgehead atoms. The van der Waals surface area contributed by atoms with Crippen molar-refractivity contribution in [3.05, 3.63) is 71.1 Å². The molecule has 1 heterocycles. The van der Waals surface area contributed by atoms with Crippen LogP contribution in [0.25, 0.3) is 16.8 Å². The summed E-state index contributed by atoms with van der Waals surface area (Å²) in [5.41, 5.74) is 8.56. The lowest BCUT2D eigenvalue weighted by molar-refractivity contribution is 0.393. The number of nitrogens with zero attached hydrogens (tertiary/aromatic N) is 2. The molecule has 0 aliphatic carbocycles. The first-order chi connectivity index (χ1) is 14.0. The molecule has 0 amide bonds. The van der Waals surface area contributed by atoms with Gasteiger partial charge in [-0.25, -0.2) is 0 Å². The van der Waals surface area contributed by atoms with Gasteiger partial charge in [-0.3, -0.25) is 0 Å². The van der Waals surface area contributed by atoms with Crippen LogP contribution in [-0.4, -0.2) is 25.0 Å². The molecule has 2 N–H and O–H groups in total. The van der Waals surface area contributed by atoms with E-state index in [-0.39, 0.29) is 0 Å². The molecular weight excluding hydrogens is 360 g/mol. The maximum atomic E-state index is 7.31. The number of aryl methyl sites for hydroxylation is 3. The fourth-order valence-corrected chi connectivity index (χ4v) is 3.67. The lowest BCUT2D eigenvalue weighted by atomic mass is 10.0. The number of allylic oxidation sites excluding steroid dienone is 1. The molecule has 0 radical (unpaired) electrons. The summed E-state index contributed by atoms with van der Waals surface area (Å²) in [6, 6.07) is 14.9. The summed E-state index contributed by atoms with van der Waals surface area (Å²) >= 11 is 0. The number of anilines is 2. The third-order valence-corrected chi connectivity index (χ3v) is 5.15. The van der Waals surface area contributed by atoms with Crippen LogP contribution < -0.4 is 10.2 Å². The van der Waals surface area contributed by atoms with Crippen molar-refractivity contribution >= 4 is 23.3 Å². The van der Waals surface area contributed by atoms with E-state index in [1.165, 1.54) is 17.5 Å². The molecule has 3 aromatic rings. The number of benzene rings is 2. The van der Waals surface area contributed by atoms with E-state index in [2.05, 4.69) is 71.7 Å². The van der Waals surface area contributed by atoms with Gasteiger partial charge in [0, 0.05) is 42.4 Å². The van der Waals surface area contributed by atoms with Gasteiger partial charge >= 0.3 is 0 Å². The van der Waals surface area contributed by atoms with E-state index in [9.17, 15) is 0 Å². The zero-order valence-corrected chi connectivity index (χ0v) is 17.7. The molecule has 5 nitrogen and oxygen atoms in total. The molecule has 5 heteroatoms. The Balaban J connectivity index is 2.01. The molecule has 0 spiro atoms. The first-order valence-corrected chi connectivity index (χ1v) is 9.80. The van der Waals surface area contributed by atoms with E-state index in [4.69, 9.17) is 9.93 Å². The highest BCUT2D eigenvalue weighted by Crippen LogP contribution is 2.35. The Morgan fingerprint density at radius 1 is 1.14 bits per heavy atom. The average molecular weight is 389 g/mol. The second kappa shape index (κ2) is 8.78. The summed E-state index contributed by atoms with van der Waals surface area (Å²) in [7, 11) is 1.87. The largest absolute Gasteiger partial charge is 0.388 e. The number of rotatable bonds is 7.